The standard InChI is InChI=1S/C25H27N7O/c1-17(18-5-3-2-4-6-18)29-25-27-14-11-23(31-25)32-16-28-21-15-20(7-8-22(21)32)30-24(33)19-9-12-26-13-10-19/h2-8,11,14-17,19,26H,9-10,12-13H2,1H3,(H,30,33)(H,27,29,31)/t17-/m0/s1. The number of imidazole rings is 1. The van der Waals surface area contributed by atoms with Crippen molar-refractivity contribution in [1.82, 2.24) is 24.8 Å². The lowest BCUT2D eigenvalue weighted by Gasteiger charge is -2.21. The second kappa shape index (κ2) is 9.38. The van der Waals surface area contributed by atoms with Crippen LogP contribution in [0.4, 0.5) is 11.6 Å². The zero-order valence-corrected chi connectivity index (χ0v) is 18.5. The molecule has 8 heteroatoms. The molecule has 1 saturated heterocycles. The maximum Gasteiger partial charge on any atom is 0.227 e. The third-order valence-corrected chi connectivity index (χ3v) is 6.06. The van der Waals surface area contributed by atoms with Gasteiger partial charge >= 0.3 is 0 Å². The number of hydrogen-bond donors (Lipinski definition) is 3. The van der Waals surface area contributed by atoms with Crippen molar-refractivity contribution in [3.05, 3.63) is 72.7 Å². The lowest BCUT2D eigenvalue weighted by Crippen LogP contribution is -2.34. The van der Waals surface area contributed by atoms with Crippen LogP contribution in [0.3, 0.4) is 0 Å². The lowest BCUT2D eigenvalue weighted by molar-refractivity contribution is -0.120. The van der Waals surface area contributed by atoms with E-state index in [0.29, 0.717) is 5.95 Å². The Hall–Kier alpha value is -3.78. The summed E-state index contributed by atoms with van der Waals surface area (Å²) in [5.74, 6) is 1.41. The molecular weight excluding hydrogens is 414 g/mol. The maximum atomic E-state index is 12.6. The summed E-state index contributed by atoms with van der Waals surface area (Å²) >= 11 is 0. The number of piperidine rings is 1. The van der Waals surface area contributed by atoms with E-state index in [1.807, 2.05) is 47.0 Å². The minimum Gasteiger partial charge on any atom is -0.348 e. The highest BCUT2D eigenvalue weighted by molar-refractivity contribution is 5.94. The monoisotopic (exact) mass is 441 g/mol. The van der Waals surface area contributed by atoms with Gasteiger partial charge in [-0.2, -0.15) is 4.98 Å². The molecule has 2 aromatic carbocycles. The topological polar surface area (TPSA) is 96.8 Å². The highest BCUT2D eigenvalue weighted by Gasteiger charge is 2.21. The molecule has 1 fully saturated rings. The molecule has 8 nitrogen and oxygen atoms in total. The molecule has 33 heavy (non-hydrogen) atoms. The van der Waals surface area contributed by atoms with E-state index in [1.54, 1.807) is 12.5 Å². The van der Waals surface area contributed by atoms with Gasteiger partial charge in [0.15, 0.2) is 0 Å². The first kappa shape index (κ1) is 21.1. The lowest BCUT2D eigenvalue weighted by atomic mass is 9.97. The van der Waals surface area contributed by atoms with Gasteiger partial charge < -0.3 is 16.0 Å². The summed E-state index contributed by atoms with van der Waals surface area (Å²) in [6.07, 6.45) is 5.23. The van der Waals surface area contributed by atoms with Crippen LogP contribution in [-0.2, 0) is 4.79 Å². The Bertz CT molecular complexity index is 1250. The quantitative estimate of drug-likeness (QED) is 0.420. The maximum absolute atomic E-state index is 12.6. The van der Waals surface area contributed by atoms with Gasteiger partial charge in [-0.3, -0.25) is 9.36 Å². The highest BCUT2D eigenvalue weighted by Crippen LogP contribution is 2.23. The van der Waals surface area contributed by atoms with E-state index in [0.717, 1.165) is 48.5 Å². The summed E-state index contributed by atoms with van der Waals surface area (Å²) in [5, 5.41) is 9.70. The third-order valence-electron chi connectivity index (χ3n) is 6.06. The van der Waals surface area contributed by atoms with E-state index in [1.165, 1.54) is 5.56 Å². The normalized spacial score (nSPS) is 15.3. The van der Waals surface area contributed by atoms with E-state index in [4.69, 9.17) is 0 Å². The molecule has 0 spiro atoms. The van der Waals surface area contributed by atoms with Gasteiger partial charge in [-0.25, -0.2) is 9.97 Å². The number of hydrogen-bond acceptors (Lipinski definition) is 6. The van der Waals surface area contributed by atoms with Crippen LogP contribution in [0.5, 0.6) is 0 Å². The highest BCUT2D eigenvalue weighted by atomic mass is 16.1. The van der Waals surface area contributed by atoms with Gasteiger partial charge in [0.25, 0.3) is 0 Å². The summed E-state index contributed by atoms with van der Waals surface area (Å²) in [5.41, 5.74) is 3.64. The molecule has 3 heterocycles. The second-order valence-electron chi connectivity index (χ2n) is 8.35. The van der Waals surface area contributed by atoms with Crippen molar-refractivity contribution >= 4 is 28.6 Å². The van der Waals surface area contributed by atoms with Crippen LogP contribution in [0.15, 0.2) is 67.1 Å². The molecule has 1 atom stereocenters. The first-order valence-electron chi connectivity index (χ1n) is 11.3. The smallest absolute Gasteiger partial charge is 0.227 e. The van der Waals surface area contributed by atoms with Crippen LogP contribution in [0.1, 0.15) is 31.4 Å². The predicted octanol–water partition coefficient (Wildman–Crippen LogP) is 3.93. The molecule has 1 aliphatic rings. The number of nitrogens with one attached hydrogen (secondary N) is 3. The number of rotatable bonds is 6. The van der Waals surface area contributed by atoms with Gasteiger partial charge in [-0.15, -0.1) is 0 Å². The zero-order chi connectivity index (χ0) is 22.6. The summed E-state index contributed by atoms with van der Waals surface area (Å²) in [4.78, 5) is 26.2. The second-order valence-corrected chi connectivity index (χ2v) is 8.35. The fourth-order valence-corrected chi connectivity index (χ4v) is 4.17. The number of amides is 1. The molecule has 0 unspecified atom stereocenters. The Labute approximate surface area is 192 Å². The molecule has 0 bridgehead atoms. The van der Waals surface area contributed by atoms with E-state index in [2.05, 4.69) is 50.0 Å². The molecule has 0 aliphatic carbocycles. The van der Waals surface area contributed by atoms with Crippen LogP contribution >= 0.6 is 0 Å². The molecule has 4 aromatic rings. The number of carbonyl (C=O) groups is 1. The van der Waals surface area contributed by atoms with Gasteiger partial charge in [0.05, 0.1) is 17.1 Å². The van der Waals surface area contributed by atoms with Crippen molar-refractivity contribution in [2.75, 3.05) is 23.7 Å². The Morgan fingerprint density at radius 2 is 1.91 bits per heavy atom. The first-order valence-corrected chi connectivity index (χ1v) is 11.3. The molecule has 0 radical (unpaired) electrons. The van der Waals surface area contributed by atoms with Crippen molar-refractivity contribution in [2.45, 2.75) is 25.8 Å². The molecule has 1 aliphatic heterocycles. The third kappa shape index (κ3) is 4.70. The number of anilines is 2. The summed E-state index contributed by atoms with van der Waals surface area (Å²) in [7, 11) is 0. The van der Waals surface area contributed by atoms with Crippen molar-refractivity contribution in [2.24, 2.45) is 5.92 Å². The Morgan fingerprint density at radius 3 is 2.73 bits per heavy atom. The Balaban J connectivity index is 1.34. The van der Waals surface area contributed by atoms with Crippen molar-refractivity contribution < 1.29 is 4.79 Å². The molecule has 1 amide bonds. The molecule has 3 N–H and O–H groups in total. The zero-order valence-electron chi connectivity index (χ0n) is 18.5. The van der Waals surface area contributed by atoms with Gasteiger partial charge in [0.2, 0.25) is 11.9 Å². The SMILES string of the molecule is C[C@H](Nc1nccc(-n2cnc3cc(NC(=O)C4CCNCC4)ccc32)n1)c1ccccc1. The molecule has 168 valence electrons. The van der Waals surface area contributed by atoms with Gasteiger partial charge in [-0.05, 0) is 62.7 Å². The van der Waals surface area contributed by atoms with Crippen LogP contribution in [0.2, 0.25) is 0 Å². The number of aromatic nitrogens is 4. The van der Waals surface area contributed by atoms with Crippen LogP contribution < -0.4 is 16.0 Å². The van der Waals surface area contributed by atoms with E-state index in [9.17, 15) is 4.79 Å². The number of carbonyl (C=O) groups excluding carboxylic acids is 1. The summed E-state index contributed by atoms with van der Waals surface area (Å²) < 4.78 is 1.92. The van der Waals surface area contributed by atoms with Crippen molar-refractivity contribution in [3.63, 3.8) is 0 Å². The van der Waals surface area contributed by atoms with E-state index >= 15 is 0 Å². The van der Waals surface area contributed by atoms with Crippen molar-refractivity contribution in [3.8, 4) is 5.82 Å². The number of benzene rings is 2. The van der Waals surface area contributed by atoms with Crippen molar-refractivity contribution in [1.29, 1.82) is 0 Å². The predicted molar refractivity (Wildman–Crippen MR) is 129 cm³/mol. The van der Waals surface area contributed by atoms with Crippen LogP contribution in [0.25, 0.3) is 16.9 Å². The Kier molecular flexibility index (Phi) is 5.99. The number of fused-ring (bicyclic) bond motifs is 1. The molecule has 0 saturated carbocycles. The fraction of sp³-hybridized carbons (Fsp3) is 0.280. The minimum absolute atomic E-state index is 0.0599. The van der Waals surface area contributed by atoms with Gasteiger partial charge in [-0.1, -0.05) is 30.3 Å². The number of nitrogens with zero attached hydrogens (tertiary/aromatic N) is 4. The van der Waals surface area contributed by atoms with E-state index < -0.39 is 0 Å². The average Bonchev–Trinajstić information content (AvgIpc) is 3.28. The largest absolute Gasteiger partial charge is 0.348 e. The molecule has 2 aromatic heterocycles. The summed E-state index contributed by atoms with van der Waals surface area (Å²) in [6, 6.07) is 17.9. The average molecular weight is 442 g/mol. The van der Waals surface area contributed by atoms with Crippen LogP contribution in [-0.4, -0.2) is 38.5 Å². The Morgan fingerprint density at radius 1 is 1.09 bits per heavy atom. The van der Waals surface area contributed by atoms with Crippen LogP contribution in [0, 0.1) is 5.92 Å². The minimum atomic E-state index is 0.0599. The summed E-state index contributed by atoms with van der Waals surface area (Å²) in [6.45, 7) is 3.86. The first-order chi connectivity index (χ1) is 16.2. The van der Waals surface area contributed by atoms with Gasteiger partial charge in [0.1, 0.15) is 12.1 Å². The van der Waals surface area contributed by atoms with E-state index in [-0.39, 0.29) is 17.9 Å². The van der Waals surface area contributed by atoms with Gasteiger partial charge in [0, 0.05) is 17.8 Å². The molecule has 5 rings (SSSR count). The molecular formula is C25H27N7O. The fourth-order valence-electron chi connectivity index (χ4n) is 4.17.